The van der Waals surface area contributed by atoms with Crippen LogP contribution < -0.4 is 5.32 Å². The van der Waals surface area contributed by atoms with Crippen LogP contribution in [0.1, 0.15) is 5.56 Å². The highest BCUT2D eigenvalue weighted by molar-refractivity contribution is 7.99. The maximum atomic E-state index is 12.8. The molecule has 88 valence electrons. The fraction of sp³-hybridized carbons (Fsp3) is 0.333. The lowest BCUT2D eigenvalue weighted by atomic mass is 10.2. The van der Waals surface area contributed by atoms with Gasteiger partial charge in [-0.25, -0.2) is 8.78 Å². The number of halogens is 2. The highest BCUT2D eigenvalue weighted by Gasteiger charge is 2.01. The monoisotopic (exact) mass is 243 g/mol. The van der Waals surface area contributed by atoms with Gasteiger partial charge in [-0.15, -0.1) is 6.58 Å². The molecule has 0 spiro atoms. The fourth-order valence-electron chi connectivity index (χ4n) is 1.19. The molecule has 16 heavy (non-hydrogen) atoms. The van der Waals surface area contributed by atoms with Crippen molar-refractivity contribution in [2.45, 2.75) is 6.54 Å². The molecule has 0 amide bonds. The molecule has 0 fully saturated rings. The standard InChI is InChI=1S/C12H15F2NS/c1-2-6-16-7-5-15-9-10-3-4-11(13)12(14)8-10/h2-4,8,15H,1,5-7,9H2. The summed E-state index contributed by atoms with van der Waals surface area (Å²) in [4.78, 5) is 0. The summed E-state index contributed by atoms with van der Waals surface area (Å²) >= 11 is 1.78. The van der Waals surface area contributed by atoms with Crippen molar-refractivity contribution in [2.75, 3.05) is 18.1 Å². The summed E-state index contributed by atoms with van der Waals surface area (Å²) in [6.07, 6.45) is 1.86. The average molecular weight is 243 g/mol. The Morgan fingerprint density at radius 2 is 2.12 bits per heavy atom. The molecular weight excluding hydrogens is 228 g/mol. The molecular formula is C12H15F2NS. The first-order chi connectivity index (χ1) is 7.74. The van der Waals surface area contributed by atoms with E-state index in [9.17, 15) is 8.78 Å². The van der Waals surface area contributed by atoms with Crippen LogP contribution in [0.15, 0.2) is 30.9 Å². The van der Waals surface area contributed by atoms with E-state index < -0.39 is 11.6 Å². The van der Waals surface area contributed by atoms with E-state index in [-0.39, 0.29) is 0 Å². The van der Waals surface area contributed by atoms with Crippen LogP contribution in [0, 0.1) is 11.6 Å². The van der Waals surface area contributed by atoms with Crippen LogP contribution >= 0.6 is 11.8 Å². The molecule has 1 aromatic carbocycles. The fourth-order valence-corrected chi connectivity index (χ4v) is 1.82. The molecule has 1 rings (SSSR count). The van der Waals surface area contributed by atoms with Gasteiger partial charge in [-0.2, -0.15) is 11.8 Å². The lowest BCUT2D eigenvalue weighted by Gasteiger charge is -2.04. The van der Waals surface area contributed by atoms with Crippen molar-refractivity contribution in [1.29, 1.82) is 0 Å². The Balaban J connectivity index is 2.21. The van der Waals surface area contributed by atoms with Gasteiger partial charge >= 0.3 is 0 Å². The van der Waals surface area contributed by atoms with Crippen molar-refractivity contribution in [3.8, 4) is 0 Å². The predicted octanol–water partition coefficient (Wildman–Crippen LogP) is 2.97. The third-order valence-electron chi connectivity index (χ3n) is 1.97. The summed E-state index contributed by atoms with van der Waals surface area (Å²) in [6.45, 7) is 5.03. The summed E-state index contributed by atoms with van der Waals surface area (Å²) in [5.41, 5.74) is 0.757. The van der Waals surface area contributed by atoms with Crippen LogP contribution in [0.5, 0.6) is 0 Å². The maximum Gasteiger partial charge on any atom is 0.159 e. The van der Waals surface area contributed by atoms with Crippen molar-refractivity contribution < 1.29 is 8.78 Å². The molecule has 0 atom stereocenters. The minimum atomic E-state index is -0.801. The van der Waals surface area contributed by atoms with E-state index >= 15 is 0 Å². The lowest BCUT2D eigenvalue weighted by Crippen LogP contribution is -2.16. The van der Waals surface area contributed by atoms with E-state index in [0.29, 0.717) is 6.54 Å². The molecule has 1 N–H and O–H groups in total. The summed E-state index contributed by atoms with van der Waals surface area (Å²) in [6, 6.07) is 3.96. The van der Waals surface area contributed by atoms with Crippen LogP contribution in [0.4, 0.5) is 8.78 Å². The van der Waals surface area contributed by atoms with Gasteiger partial charge in [0.1, 0.15) is 0 Å². The van der Waals surface area contributed by atoms with E-state index in [2.05, 4.69) is 11.9 Å². The van der Waals surface area contributed by atoms with Gasteiger partial charge in [-0.05, 0) is 17.7 Å². The molecule has 1 nitrogen and oxygen atoms in total. The molecule has 0 aliphatic rings. The van der Waals surface area contributed by atoms with Crippen molar-refractivity contribution in [2.24, 2.45) is 0 Å². The predicted molar refractivity (Wildman–Crippen MR) is 65.6 cm³/mol. The van der Waals surface area contributed by atoms with E-state index in [0.717, 1.165) is 29.7 Å². The normalized spacial score (nSPS) is 10.4. The third kappa shape index (κ3) is 4.77. The molecule has 0 heterocycles. The second-order valence-electron chi connectivity index (χ2n) is 3.29. The van der Waals surface area contributed by atoms with E-state index in [1.807, 2.05) is 6.08 Å². The van der Waals surface area contributed by atoms with E-state index in [1.165, 1.54) is 6.07 Å². The molecule has 0 bridgehead atoms. The topological polar surface area (TPSA) is 12.0 Å². The zero-order valence-corrected chi connectivity index (χ0v) is 9.83. The minimum Gasteiger partial charge on any atom is -0.312 e. The number of thioether (sulfide) groups is 1. The number of rotatable bonds is 7. The van der Waals surface area contributed by atoms with Crippen molar-refractivity contribution in [3.63, 3.8) is 0 Å². The first-order valence-electron chi connectivity index (χ1n) is 5.07. The molecule has 0 radical (unpaired) electrons. The zero-order valence-electron chi connectivity index (χ0n) is 9.01. The SMILES string of the molecule is C=CCSCCNCc1ccc(F)c(F)c1. The van der Waals surface area contributed by atoms with Crippen LogP contribution in [0.3, 0.4) is 0 Å². The number of hydrogen-bond acceptors (Lipinski definition) is 2. The number of hydrogen-bond donors (Lipinski definition) is 1. The Morgan fingerprint density at radius 1 is 1.31 bits per heavy atom. The quantitative estimate of drug-likeness (QED) is 0.583. The zero-order chi connectivity index (χ0) is 11.8. The summed E-state index contributed by atoms with van der Waals surface area (Å²) in [5, 5.41) is 3.16. The van der Waals surface area contributed by atoms with Gasteiger partial charge in [0.2, 0.25) is 0 Å². The van der Waals surface area contributed by atoms with E-state index in [1.54, 1.807) is 17.8 Å². The highest BCUT2D eigenvalue weighted by Crippen LogP contribution is 2.08. The summed E-state index contributed by atoms with van der Waals surface area (Å²) in [5.74, 6) is 0.327. The molecule has 1 aromatic rings. The number of benzene rings is 1. The first-order valence-corrected chi connectivity index (χ1v) is 6.23. The molecule has 0 aromatic heterocycles. The Kier molecular flexibility index (Phi) is 6.11. The van der Waals surface area contributed by atoms with Gasteiger partial charge < -0.3 is 5.32 Å². The largest absolute Gasteiger partial charge is 0.312 e. The van der Waals surface area contributed by atoms with Gasteiger partial charge in [0.05, 0.1) is 0 Å². The molecule has 0 unspecified atom stereocenters. The Hall–Kier alpha value is -0.870. The number of nitrogens with one attached hydrogen (secondary N) is 1. The van der Waals surface area contributed by atoms with Crippen molar-refractivity contribution >= 4 is 11.8 Å². The van der Waals surface area contributed by atoms with Gasteiger partial charge in [0.15, 0.2) is 11.6 Å². The molecule has 4 heteroatoms. The molecule has 0 saturated heterocycles. The van der Waals surface area contributed by atoms with Gasteiger partial charge in [-0.3, -0.25) is 0 Å². The van der Waals surface area contributed by atoms with Gasteiger partial charge in [0.25, 0.3) is 0 Å². The summed E-state index contributed by atoms with van der Waals surface area (Å²) in [7, 11) is 0. The molecule has 0 aliphatic heterocycles. The van der Waals surface area contributed by atoms with Crippen LogP contribution in [0.25, 0.3) is 0 Å². The third-order valence-corrected chi connectivity index (χ3v) is 2.94. The molecule has 0 saturated carbocycles. The second kappa shape index (κ2) is 7.41. The first kappa shape index (κ1) is 13.2. The smallest absolute Gasteiger partial charge is 0.159 e. The second-order valence-corrected chi connectivity index (χ2v) is 4.44. The van der Waals surface area contributed by atoms with E-state index in [4.69, 9.17) is 0 Å². The van der Waals surface area contributed by atoms with Crippen LogP contribution in [-0.4, -0.2) is 18.1 Å². The highest BCUT2D eigenvalue weighted by atomic mass is 32.2. The van der Waals surface area contributed by atoms with Gasteiger partial charge in [0, 0.05) is 24.6 Å². The van der Waals surface area contributed by atoms with Crippen LogP contribution in [0.2, 0.25) is 0 Å². The Labute approximate surface area is 98.9 Å². The Bertz CT molecular complexity index is 342. The van der Waals surface area contributed by atoms with Crippen molar-refractivity contribution in [1.82, 2.24) is 5.32 Å². The maximum absolute atomic E-state index is 12.8. The molecule has 0 aliphatic carbocycles. The Morgan fingerprint density at radius 3 is 2.81 bits per heavy atom. The average Bonchev–Trinajstić information content (AvgIpc) is 2.28. The van der Waals surface area contributed by atoms with Crippen LogP contribution in [-0.2, 0) is 6.54 Å². The minimum absolute atomic E-state index is 0.561. The summed E-state index contributed by atoms with van der Waals surface area (Å²) < 4.78 is 25.5. The van der Waals surface area contributed by atoms with Gasteiger partial charge in [-0.1, -0.05) is 12.1 Å². The lowest BCUT2D eigenvalue weighted by molar-refractivity contribution is 0.506. The van der Waals surface area contributed by atoms with Crippen molar-refractivity contribution in [3.05, 3.63) is 48.1 Å².